The highest BCUT2D eigenvalue weighted by Crippen LogP contribution is 2.12. The molecule has 0 saturated carbocycles. The van der Waals surface area contributed by atoms with Gasteiger partial charge in [0.15, 0.2) is 0 Å². The molecule has 14 heavy (non-hydrogen) atoms. The Labute approximate surface area is 81.4 Å². The van der Waals surface area contributed by atoms with Crippen molar-refractivity contribution in [1.29, 1.82) is 0 Å². The summed E-state index contributed by atoms with van der Waals surface area (Å²) in [6.45, 7) is 3.05. The van der Waals surface area contributed by atoms with Crippen LogP contribution in [0.2, 0.25) is 0 Å². The molecule has 73 valence electrons. The van der Waals surface area contributed by atoms with Crippen molar-refractivity contribution in [2.45, 2.75) is 0 Å². The zero-order valence-electron chi connectivity index (χ0n) is 7.65. The molecule has 0 saturated heterocycles. The number of hydrogen-bond donors (Lipinski definition) is 0. The van der Waals surface area contributed by atoms with Gasteiger partial charge in [-0.25, -0.2) is 4.79 Å². The predicted octanol–water partition coefficient (Wildman–Crippen LogP) is 1.21. The third-order valence-corrected chi connectivity index (χ3v) is 1.51. The quantitative estimate of drug-likeness (QED) is 0.523. The summed E-state index contributed by atoms with van der Waals surface area (Å²) in [5.41, 5.74) is 0.399. The summed E-state index contributed by atoms with van der Waals surface area (Å²) in [5, 5.41) is 0. The summed E-state index contributed by atoms with van der Waals surface area (Å²) >= 11 is 0. The zero-order valence-corrected chi connectivity index (χ0v) is 7.65. The van der Waals surface area contributed by atoms with E-state index >= 15 is 0 Å². The molecule has 1 aromatic carbocycles. The Bertz CT molecular complexity index is 340. The average Bonchev–Trinajstić information content (AvgIpc) is 2.17. The predicted molar refractivity (Wildman–Crippen MR) is 48.8 cm³/mol. The molecule has 4 nitrogen and oxygen atoms in total. The highest BCUT2D eigenvalue weighted by molar-refractivity contribution is 5.89. The molecule has 1 radical (unpaired) electrons. The fourth-order valence-corrected chi connectivity index (χ4v) is 0.908. The minimum Gasteiger partial charge on any atom is -0.465 e. The van der Waals surface area contributed by atoms with Crippen LogP contribution in [-0.4, -0.2) is 19.0 Å². The van der Waals surface area contributed by atoms with Crippen molar-refractivity contribution in [3.05, 3.63) is 36.8 Å². The summed E-state index contributed by atoms with van der Waals surface area (Å²) in [7, 11) is 1.30. The van der Waals surface area contributed by atoms with Crippen molar-refractivity contribution in [3.8, 4) is 5.75 Å². The number of esters is 2. The second kappa shape index (κ2) is 4.41. The summed E-state index contributed by atoms with van der Waals surface area (Å²) in [6, 6.07) is 6.00. The van der Waals surface area contributed by atoms with Crippen LogP contribution in [0.5, 0.6) is 5.75 Å². The van der Waals surface area contributed by atoms with Crippen molar-refractivity contribution in [1.82, 2.24) is 0 Å². The van der Waals surface area contributed by atoms with Gasteiger partial charge < -0.3 is 9.47 Å². The van der Waals surface area contributed by atoms with Crippen LogP contribution in [0.25, 0.3) is 0 Å². The largest absolute Gasteiger partial charge is 0.465 e. The van der Waals surface area contributed by atoms with Gasteiger partial charge in [-0.3, -0.25) is 4.79 Å². The van der Waals surface area contributed by atoms with E-state index in [2.05, 4.69) is 16.4 Å². The maximum absolute atomic E-state index is 11.0. The van der Waals surface area contributed by atoms with Crippen molar-refractivity contribution in [2.75, 3.05) is 7.11 Å². The Morgan fingerprint density at radius 3 is 2.21 bits per heavy atom. The van der Waals surface area contributed by atoms with Gasteiger partial charge in [-0.15, -0.1) is 0 Å². The SMILES string of the molecule is [CH2]C(=O)Oc1ccc(C(=O)OC)cc1. The molecule has 0 aliphatic carbocycles. The Balaban J connectivity index is 2.78. The molecule has 0 aromatic heterocycles. The van der Waals surface area contributed by atoms with E-state index in [-0.39, 0.29) is 0 Å². The number of hydrogen-bond acceptors (Lipinski definition) is 4. The van der Waals surface area contributed by atoms with Crippen LogP contribution < -0.4 is 4.74 Å². The van der Waals surface area contributed by atoms with E-state index in [1.54, 1.807) is 0 Å². The van der Waals surface area contributed by atoms with Crippen LogP contribution in [0.15, 0.2) is 24.3 Å². The molecule has 0 amide bonds. The molecule has 0 unspecified atom stereocenters. The molecule has 0 N–H and O–H groups in total. The second-order valence-corrected chi connectivity index (χ2v) is 2.49. The monoisotopic (exact) mass is 193 g/mol. The number of carbonyl (C=O) groups excluding carboxylic acids is 2. The highest BCUT2D eigenvalue weighted by Gasteiger charge is 2.05. The van der Waals surface area contributed by atoms with Crippen LogP contribution in [0.4, 0.5) is 0 Å². The third-order valence-electron chi connectivity index (χ3n) is 1.51. The lowest BCUT2D eigenvalue weighted by Crippen LogP contribution is -2.03. The van der Waals surface area contributed by atoms with E-state index in [0.29, 0.717) is 11.3 Å². The first-order chi connectivity index (χ1) is 6.63. The average molecular weight is 193 g/mol. The fraction of sp³-hybridized carbons (Fsp3) is 0.100. The number of benzene rings is 1. The van der Waals surface area contributed by atoms with E-state index in [1.165, 1.54) is 31.4 Å². The van der Waals surface area contributed by atoms with E-state index in [0.717, 1.165) is 0 Å². The molecule has 0 spiro atoms. The Morgan fingerprint density at radius 1 is 1.21 bits per heavy atom. The topological polar surface area (TPSA) is 52.6 Å². The number of methoxy groups -OCH3 is 1. The van der Waals surface area contributed by atoms with Crippen LogP contribution >= 0.6 is 0 Å². The van der Waals surface area contributed by atoms with Crippen molar-refractivity contribution < 1.29 is 19.1 Å². The molecular formula is C10H9O4. The number of carbonyl (C=O) groups is 2. The Morgan fingerprint density at radius 2 is 1.79 bits per heavy atom. The molecule has 0 aliphatic heterocycles. The van der Waals surface area contributed by atoms with E-state index in [1.807, 2.05) is 0 Å². The minimum absolute atomic E-state index is 0.345. The number of rotatable bonds is 2. The summed E-state index contributed by atoms with van der Waals surface area (Å²) in [4.78, 5) is 21.5. The van der Waals surface area contributed by atoms with Gasteiger partial charge >= 0.3 is 11.9 Å². The summed E-state index contributed by atoms with van der Waals surface area (Å²) in [6.07, 6.45) is 0. The normalized spacial score (nSPS) is 9.29. The highest BCUT2D eigenvalue weighted by atomic mass is 16.5. The smallest absolute Gasteiger partial charge is 0.337 e. The number of ether oxygens (including phenoxy) is 2. The molecule has 0 aliphatic rings. The first-order valence-corrected chi connectivity index (χ1v) is 3.85. The van der Waals surface area contributed by atoms with Gasteiger partial charge in [0.1, 0.15) is 5.75 Å². The lowest BCUT2D eigenvalue weighted by molar-refractivity contribution is -0.129. The van der Waals surface area contributed by atoms with Crippen LogP contribution in [-0.2, 0) is 9.53 Å². The first kappa shape index (κ1) is 10.2. The Kier molecular flexibility index (Phi) is 3.23. The lowest BCUT2D eigenvalue weighted by atomic mass is 10.2. The van der Waals surface area contributed by atoms with Crippen molar-refractivity contribution in [3.63, 3.8) is 0 Å². The van der Waals surface area contributed by atoms with Gasteiger partial charge in [0.25, 0.3) is 0 Å². The Hall–Kier alpha value is -1.84. The fourth-order valence-electron chi connectivity index (χ4n) is 0.908. The van der Waals surface area contributed by atoms with Gasteiger partial charge in [0.2, 0.25) is 0 Å². The maximum atomic E-state index is 11.0. The minimum atomic E-state index is -0.643. The molecule has 1 rings (SSSR count). The van der Waals surface area contributed by atoms with Gasteiger partial charge in [-0.2, -0.15) is 0 Å². The van der Waals surface area contributed by atoms with E-state index in [4.69, 9.17) is 0 Å². The van der Waals surface area contributed by atoms with E-state index in [9.17, 15) is 9.59 Å². The first-order valence-electron chi connectivity index (χ1n) is 3.85. The zero-order chi connectivity index (χ0) is 10.6. The van der Waals surface area contributed by atoms with Crippen molar-refractivity contribution >= 4 is 11.9 Å². The molecular weight excluding hydrogens is 184 g/mol. The molecule has 0 atom stereocenters. The van der Waals surface area contributed by atoms with Crippen LogP contribution in [0, 0.1) is 6.92 Å². The molecule has 1 aromatic rings. The summed E-state index contributed by atoms with van der Waals surface area (Å²) < 4.78 is 9.18. The summed E-state index contributed by atoms with van der Waals surface area (Å²) in [5.74, 6) is -0.731. The van der Waals surface area contributed by atoms with Gasteiger partial charge in [-0.05, 0) is 24.3 Å². The molecule has 0 fully saturated rings. The van der Waals surface area contributed by atoms with Crippen LogP contribution in [0.1, 0.15) is 10.4 Å². The maximum Gasteiger partial charge on any atom is 0.337 e. The third kappa shape index (κ3) is 2.58. The molecule has 0 heterocycles. The van der Waals surface area contributed by atoms with Gasteiger partial charge in [0.05, 0.1) is 19.6 Å². The van der Waals surface area contributed by atoms with Crippen LogP contribution in [0.3, 0.4) is 0 Å². The molecule has 4 heteroatoms. The van der Waals surface area contributed by atoms with Gasteiger partial charge in [-0.1, -0.05) is 0 Å². The standard InChI is InChI=1S/C10H9O4/c1-7(11)14-9-5-3-8(4-6-9)10(12)13-2/h3-6H,1H2,2H3. The van der Waals surface area contributed by atoms with Gasteiger partial charge in [0, 0.05) is 0 Å². The van der Waals surface area contributed by atoms with Crippen molar-refractivity contribution in [2.24, 2.45) is 0 Å². The second-order valence-electron chi connectivity index (χ2n) is 2.49. The lowest BCUT2D eigenvalue weighted by Gasteiger charge is -2.01. The molecule has 0 bridgehead atoms. The van der Waals surface area contributed by atoms with E-state index < -0.39 is 11.9 Å².